The lowest BCUT2D eigenvalue weighted by atomic mass is 10.1. The van der Waals surface area contributed by atoms with Gasteiger partial charge in [-0.3, -0.25) is 0 Å². The van der Waals surface area contributed by atoms with E-state index in [0.717, 1.165) is 5.56 Å². The highest BCUT2D eigenvalue weighted by molar-refractivity contribution is 5.17. The number of imidazole rings is 1. The first-order chi connectivity index (χ1) is 8.72. The highest BCUT2D eigenvalue weighted by Crippen LogP contribution is 2.17. The van der Waals surface area contributed by atoms with Crippen molar-refractivity contribution >= 4 is 0 Å². The molecule has 2 rings (SSSR count). The SMILES string of the molecule is OC[C@@H](O)[C@@H](O)c1cncn1Cc1ccccc1. The van der Waals surface area contributed by atoms with E-state index in [-0.39, 0.29) is 0 Å². The molecule has 5 heteroatoms. The summed E-state index contributed by atoms with van der Waals surface area (Å²) in [6.07, 6.45) is 0.750. The number of rotatable bonds is 5. The Balaban J connectivity index is 2.18. The van der Waals surface area contributed by atoms with Crippen molar-refractivity contribution in [2.24, 2.45) is 0 Å². The summed E-state index contributed by atoms with van der Waals surface area (Å²) >= 11 is 0. The minimum atomic E-state index is -1.20. The molecule has 2 aromatic rings. The Morgan fingerprint density at radius 3 is 2.56 bits per heavy atom. The van der Waals surface area contributed by atoms with Crippen LogP contribution in [0.2, 0.25) is 0 Å². The van der Waals surface area contributed by atoms with Crippen molar-refractivity contribution in [3.8, 4) is 0 Å². The van der Waals surface area contributed by atoms with Gasteiger partial charge in [0.15, 0.2) is 0 Å². The number of aliphatic hydroxyl groups is 3. The molecular formula is C13H16N2O3. The normalized spacial score (nSPS) is 14.4. The molecule has 0 aliphatic rings. The lowest BCUT2D eigenvalue weighted by Gasteiger charge is -2.17. The summed E-state index contributed by atoms with van der Waals surface area (Å²) in [6.45, 7) is 0.0725. The molecule has 0 radical (unpaired) electrons. The average molecular weight is 248 g/mol. The molecule has 0 aliphatic carbocycles. The van der Waals surface area contributed by atoms with Gasteiger partial charge in [0.05, 0.1) is 24.8 Å². The second-order valence-corrected chi connectivity index (χ2v) is 4.13. The Labute approximate surface area is 105 Å². The maximum absolute atomic E-state index is 9.87. The molecule has 1 aromatic carbocycles. The highest BCUT2D eigenvalue weighted by atomic mass is 16.4. The Bertz CT molecular complexity index is 484. The van der Waals surface area contributed by atoms with Crippen molar-refractivity contribution in [2.75, 3.05) is 6.61 Å². The van der Waals surface area contributed by atoms with Gasteiger partial charge in [-0.1, -0.05) is 30.3 Å². The fourth-order valence-electron chi connectivity index (χ4n) is 1.79. The van der Waals surface area contributed by atoms with E-state index in [4.69, 9.17) is 5.11 Å². The topological polar surface area (TPSA) is 78.5 Å². The summed E-state index contributed by atoms with van der Waals surface area (Å²) in [4.78, 5) is 3.97. The van der Waals surface area contributed by atoms with E-state index in [2.05, 4.69) is 4.98 Å². The predicted molar refractivity (Wildman–Crippen MR) is 65.8 cm³/mol. The lowest BCUT2D eigenvalue weighted by molar-refractivity contribution is -0.0187. The van der Waals surface area contributed by atoms with Crippen molar-refractivity contribution in [2.45, 2.75) is 18.8 Å². The van der Waals surface area contributed by atoms with Crippen LogP contribution >= 0.6 is 0 Å². The molecule has 5 nitrogen and oxygen atoms in total. The summed E-state index contributed by atoms with van der Waals surface area (Å²) in [5.74, 6) is 0. The third kappa shape index (κ3) is 2.76. The van der Waals surface area contributed by atoms with Gasteiger partial charge >= 0.3 is 0 Å². The largest absolute Gasteiger partial charge is 0.394 e. The molecule has 0 fully saturated rings. The zero-order chi connectivity index (χ0) is 13.0. The van der Waals surface area contributed by atoms with E-state index in [9.17, 15) is 10.2 Å². The maximum Gasteiger partial charge on any atom is 0.124 e. The van der Waals surface area contributed by atoms with Crippen LogP contribution in [0, 0.1) is 0 Å². The molecule has 0 aliphatic heterocycles. The lowest BCUT2D eigenvalue weighted by Crippen LogP contribution is -2.24. The Morgan fingerprint density at radius 2 is 1.89 bits per heavy atom. The van der Waals surface area contributed by atoms with Gasteiger partial charge in [0, 0.05) is 6.54 Å². The van der Waals surface area contributed by atoms with Crippen LogP contribution in [-0.2, 0) is 6.54 Å². The fourth-order valence-corrected chi connectivity index (χ4v) is 1.79. The van der Waals surface area contributed by atoms with Gasteiger partial charge in [0.25, 0.3) is 0 Å². The molecule has 0 saturated heterocycles. The molecule has 96 valence electrons. The summed E-state index contributed by atoms with van der Waals surface area (Å²) in [6, 6.07) is 9.75. The number of nitrogens with zero attached hydrogens (tertiary/aromatic N) is 2. The maximum atomic E-state index is 9.87. The molecule has 0 amide bonds. The first-order valence-electron chi connectivity index (χ1n) is 5.73. The van der Waals surface area contributed by atoms with E-state index < -0.39 is 18.8 Å². The van der Waals surface area contributed by atoms with Crippen molar-refractivity contribution in [3.63, 3.8) is 0 Å². The van der Waals surface area contributed by atoms with E-state index >= 15 is 0 Å². The van der Waals surface area contributed by atoms with Gasteiger partial charge in [-0.25, -0.2) is 4.98 Å². The third-order valence-electron chi connectivity index (χ3n) is 2.79. The van der Waals surface area contributed by atoms with E-state index in [1.807, 2.05) is 30.3 Å². The number of aliphatic hydroxyl groups excluding tert-OH is 3. The fraction of sp³-hybridized carbons (Fsp3) is 0.308. The molecule has 0 spiro atoms. The van der Waals surface area contributed by atoms with Crippen LogP contribution in [0.25, 0.3) is 0 Å². The number of aromatic nitrogens is 2. The van der Waals surface area contributed by atoms with E-state index in [1.165, 1.54) is 6.20 Å². The van der Waals surface area contributed by atoms with E-state index in [1.54, 1.807) is 10.9 Å². The van der Waals surface area contributed by atoms with Crippen LogP contribution in [0.4, 0.5) is 0 Å². The summed E-state index contributed by atoms with van der Waals surface area (Å²) < 4.78 is 1.75. The summed E-state index contributed by atoms with van der Waals surface area (Å²) in [5, 5.41) is 28.2. The molecule has 0 unspecified atom stereocenters. The molecule has 18 heavy (non-hydrogen) atoms. The van der Waals surface area contributed by atoms with Gasteiger partial charge in [-0.05, 0) is 5.56 Å². The van der Waals surface area contributed by atoms with Crippen LogP contribution in [0.5, 0.6) is 0 Å². The second-order valence-electron chi connectivity index (χ2n) is 4.13. The first-order valence-corrected chi connectivity index (χ1v) is 5.73. The van der Waals surface area contributed by atoms with Crippen LogP contribution in [0.1, 0.15) is 17.4 Å². The van der Waals surface area contributed by atoms with Crippen molar-refractivity contribution in [1.29, 1.82) is 0 Å². The van der Waals surface area contributed by atoms with Crippen LogP contribution in [-0.4, -0.2) is 37.6 Å². The number of hydrogen-bond donors (Lipinski definition) is 3. The molecule has 1 aromatic heterocycles. The second kappa shape index (κ2) is 5.77. The standard InChI is InChI=1S/C13H16N2O3/c16-8-12(17)13(18)11-6-14-9-15(11)7-10-4-2-1-3-5-10/h1-6,9,12-13,16-18H,7-8H2/t12-,13+/m1/s1. The monoisotopic (exact) mass is 248 g/mol. The van der Waals surface area contributed by atoms with Gasteiger partial charge in [0.1, 0.15) is 12.2 Å². The zero-order valence-electron chi connectivity index (χ0n) is 9.85. The zero-order valence-corrected chi connectivity index (χ0v) is 9.85. The van der Waals surface area contributed by atoms with Crippen molar-refractivity contribution in [3.05, 3.63) is 54.1 Å². The summed E-state index contributed by atoms with van der Waals surface area (Å²) in [5.41, 5.74) is 1.56. The molecule has 3 N–H and O–H groups in total. The van der Waals surface area contributed by atoms with Gasteiger partial charge in [0.2, 0.25) is 0 Å². The van der Waals surface area contributed by atoms with Crippen molar-refractivity contribution < 1.29 is 15.3 Å². The third-order valence-corrected chi connectivity index (χ3v) is 2.79. The van der Waals surface area contributed by atoms with Gasteiger partial charge in [-0.15, -0.1) is 0 Å². The smallest absolute Gasteiger partial charge is 0.124 e. The van der Waals surface area contributed by atoms with Gasteiger partial charge in [-0.2, -0.15) is 0 Å². The molecule has 2 atom stereocenters. The van der Waals surface area contributed by atoms with Crippen LogP contribution < -0.4 is 0 Å². The van der Waals surface area contributed by atoms with Crippen LogP contribution in [0.15, 0.2) is 42.9 Å². The Morgan fingerprint density at radius 1 is 1.17 bits per heavy atom. The minimum absolute atomic E-state index is 0.486. The Hall–Kier alpha value is -1.69. The van der Waals surface area contributed by atoms with Gasteiger partial charge < -0.3 is 19.9 Å². The highest BCUT2D eigenvalue weighted by Gasteiger charge is 2.21. The summed E-state index contributed by atoms with van der Waals surface area (Å²) in [7, 11) is 0. The number of hydrogen-bond acceptors (Lipinski definition) is 4. The minimum Gasteiger partial charge on any atom is -0.394 e. The van der Waals surface area contributed by atoms with Crippen LogP contribution in [0.3, 0.4) is 0 Å². The molecule has 1 heterocycles. The first kappa shape index (κ1) is 12.8. The van der Waals surface area contributed by atoms with Crippen molar-refractivity contribution in [1.82, 2.24) is 9.55 Å². The Kier molecular flexibility index (Phi) is 4.09. The van der Waals surface area contributed by atoms with E-state index in [0.29, 0.717) is 12.2 Å². The average Bonchev–Trinajstić information content (AvgIpc) is 2.86. The quantitative estimate of drug-likeness (QED) is 0.712. The number of benzene rings is 1. The molecular weight excluding hydrogens is 232 g/mol. The molecule has 0 saturated carbocycles. The predicted octanol–water partition coefficient (Wildman–Crippen LogP) is 0.318. The molecule has 0 bridgehead atoms.